The van der Waals surface area contributed by atoms with Gasteiger partial charge in [-0.25, -0.2) is 8.78 Å². The molecule has 0 saturated heterocycles. The Morgan fingerprint density at radius 1 is 1.08 bits per heavy atom. The molecule has 2 aromatic carbocycles. The molecule has 0 fully saturated rings. The molecule has 2 amide bonds. The minimum absolute atomic E-state index is 0.109. The molecular formula is C19H20F2N2O3. The molecule has 0 aliphatic heterocycles. The number of rotatable bonds is 4. The molecule has 0 radical (unpaired) electrons. The second-order valence-corrected chi connectivity index (χ2v) is 6.84. The van der Waals surface area contributed by atoms with E-state index in [9.17, 15) is 23.5 Å². The number of aromatic hydroxyl groups is 1. The van der Waals surface area contributed by atoms with Gasteiger partial charge in [0.05, 0.1) is 17.8 Å². The van der Waals surface area contributed by atoms with Gasteiger partial charge in [0.15, 0.2) is 0 Å². The van der Waals surface area contributed by atoms with Crippen molar-refractivity contribution in [3.8, 4) is 5.75 Å². The average molecular weight is 362 g/mol. The summed E-state index contributed by atoms with van der Waals surface area (Å²) in [5.41, 5.74) is 0.575. The van der Waals surface area contributed by atoms with Crippen molar-refractivity contribution in [1.82, 2.24) is 5.32 Å². The zero-order valence-corrected chi connectivity index (χ0v) is 14.7. The van der Waals surface area contributed by atoms with E-state index in [4.69, 9.17) is 0 Å². The molecule has 0 aliphatic carbocycles. The van der Waals surface area contributed by atoms with Gasteiger partial charge in [-0.05, 0) is 35.2 Å². The van der Waals surface area contributed by atoms with E-state index in [0.717, 1.165) is 17.7 Å². The van der Waals surface area contributed by atoms with Crippen LogP contribution in [0.25, 0.3) is 0 Å². The van der Waals surface area contributed by atoms with E-state index < -0.39 is 30.0 Å². The Morgan fingerprint density at radius 3 is 2.38 bits per heavy atom. The summed E-state index contributed by atoms with van der Waals surface area (Å²) in [5.74, 6) is -3.36. The van der Waals surface area contributed by atoms with Crippen molar-refractivity contribution in [2.45, 2.75) is 26.2 Å². The van der Waals surface area contributed by atoms with Crippen LogP contribution >= 0.6 is 0 Å². The SMILES string of the molecule is CC(C)(C)c1ccc(O)c(NC(=O)CNC(=O)c2ccc(F)cc2F)c1. The molecule has 0 atom stereocenters. The number of carbonyl (C=O) groups is 2. The molecule has 2 rings (SSSR count). The van der Waals surface area contributed by atoms with Gasteiger partial charge in [0.25, 0.3) is 5.91 Å². The highest BCUT2D eigenvalue weighted by Gasteiger charge is 2.17. The molecule has 26 heavy (non-hydrogen) atoms. The minimum Gasteiger partial charge on any atom is -0.506 e. The van der Waals surface area contributed by atoms with Crippen LogP contribution in [0.1, 0.15) is 36.7 Å². The van der Waals surface area contributed by atoms with Crippen molar-refractivity contribution < 1.29 is 23.5 Å². The first-order valence-corrected chi connectivity index (χ1v) is 7.94. The first kappa shape index (κ1) is 19.4. The number of phenolic OH excluding ortho intramolecular Hbond substituents is 1. The third-order valence-electron chi connectivity index (χ3n) is 3.72. The van der Waals surface area contributed by atoms with E-state index in [1.54, 1.807) is 12.1 Å². The van der Waals surface area contributed by atoms with Crippen LogP contribution in [0.3, 0.4) is 0 Å². The quantitative estimate of drug-likeness (QED) is 0.730. The van der Waals surface area contributed by atoms with Crippen molar-refractivity contribution in [1.29, 1.82) is 0 Å². The fourth-order valence-corrected chi connectivity index (χ4v) is 2.23. The highest BCUT2D eigenvalue weighted by Crippen LogP contribution is 2.30. The maximum atomic E-state index is 13.5. The van der Waals surface area contributed by atoms with Gasteiger partial charge < -0.3 is 15.7 Å². The predicted octanol–water partition coefficient (Wildman–Crippen LogP) is 3.34. The molecule has 0 bridgehead atoms. The molecule has 3 N–H and O–H groups in total. The fourth-order valence-electron chi connectivity index (χ4n) is 2.23. The molecule has 7 heteroatoms. The highest BCUT2D eigenvalue weighted by atomic mass is 19.1. The number of amides is 2. The molecular weight excluding hydrogens is 342 g/mol. The van der Waals surface area contributed by atoms with Crippen LogP contribution in [0.15, 0.2) is 36.4 Å². The Balaban J connectivity index is 2.02. The lowest BCUT2D eigenvalue weighted by atomic mass is 9.87. The molecule has 138 valence electrons. The summed E-state index contributed by atoms with van der Waals surface area (Å²) in [6, 6.07) is 7.41. The van der Waals surface area contributed by atoms with Crippen LogP contribution in [0.5, 0.6) is 5.75 Å². The Bertz CT molecular complexity index is 845. The van der Waals surface area contributed by atoms with Crippen LogP contribution < -0.4 is 10.6 Å². The summed E-state index contributed by atoms with van der Waals surface area (Å²) in [6.07, 6.45) is 0. The van der Waals surface area contributed by atoms with Crippen molar-refractivity contribution in [3.63, 3.8) is 0 Å². The van der Waals surface area contributed by atoms with Gasteiger partial charge in [0.1, 0.15) is 17.4 Å². The summed E-state index contributed by atoms with van der Waals surface area (Å²) in [6.45, 7) is 5.53. The fraction of sp³-hybridized carbons (Fsp3) is 0.263. The van der Waals surface area contributed by atoms with Crippen molar-refractivity contribution in [2.24, 2.45) is 0 Å². The largest absolute Gasteiger partial charge is 0.506 e. The number of phenols is 1. The topological polar surface area (TPSA) is 78.4 Å². The normalized spacial score (nSPS) is 11.1. The number of halogens is 2. The van der Waals surface area contributed by atoms with Crippen molar-refractivity contribution >= 4 is 17.5 Å². The lowest BCUT2D eigenvalue weighted by molar-refractivity contribution is -0.115. The number of benzene rings is 2. The van der Waals surface area contributed by atoms with Gasteiger partial charge in [-0.2, -0.15) is 0 Å². The number of anilines is 1. The molecule has 0 spiro atoms. The second kappa shape index (κ2) is 7.51. The van der Waals surface area contributed by atoms with E-state index >= 15 is 0 Å². The lowest BCUT2D eigenvalue weighted by Gasteiger charge is -2.20. The zero-order valence-electron chi connectivity index (χ0n) is 14.7. The molecule has 0 unspecified atom stereocenters. The third kappa shape index (κ3) is 4.78. The van der Waals surface area contributed by atoms with E-state index in [-0.39, 0.29) is 22.4 Å². The summed E-state index contributed by atoms with van der Waals surface area (Å²) >= 11 is 0. The number of hydrogen-bond acceptors (Lipinski definition) is 3. The van der Waals surface area contributed by atoms with Crippen LogP contribution in [-0.2, 0) is 10.2 Å². The highest BCUT2D eigenvalue weighted by molar-refractivity contribution is 6.00. The first-order valence-electron chi connectivity index (χ1n) is 7.94. The van der Waals surface area contributed by atoms with Gasteiger partial charge in [0.2, 0.25) is 5.91 Å². The van der Waals surface area contributed by atoms with Gasteiger partial charge in [-0.1, -0.05) is 26.8 Å². The lowest BCUT2D eigenvalue weighted by Crippen LogP contribution is -2.33. The van der Waals surface area contributed by atoms with Gasteiger partial charge in [-0.3, -0.25) is 9.59 Å². The van der Waals surface area contributed by atoms with E-state index in [0.29, 0.717) is 6.07 Å². The van der Waals surface area contributed by atoms with Crippen molar-refractivity contribution in [2.75, 3.05) is 11.9 Å². The standard InChI is InChI=1S/C19H20F2N2O3/c1-19(2,3)11-4-7-16(24)15(8-11)23-17(25)10-22-18(26)13-6-5-12(20)9-14(13)21/h4-9,24H,10H2,1-3H3,(H,22,26)(H,23,25). The second-order valence-electron chi connectivity index (χ2n) is 6.84. The summed E-state index contributed by atoms with van der Waals surface area (Å²) in [5, 5.41) is 14.6. The van der Waals surface area contributed by atoms with E-state index in [2.05, 4.69) is 10.6 Å². The molecule has 0 aromatic heterocycles. The minimum atomic E-state index is -1.02. The Labute approximate surface area is 150 Å². The van der Waals surface area contributed by atoms with Crippen LogP contribution in [-0.4, -0.2) is 23.5 Å². The zero-order chi connectivity index (χ0) is 19.5. The van der Waals surface area contributed by atoms with Crippen LogP contribution in [0.2, 0.25) is 0 Å². The maximum Gasteiger partial charge on any atom is 0.254 e. The molecule has 2 aromatic rings. The summed E-state index contributed by atoms with van der Waals surface area (Å²) in [4.78, 5) is 23.9. The average Bonchev–Trinajstić information content (AvgIpc) is 2.53. The maximum absolute atomic E-state index is 13.5. The Morgan fingerprint density at radius 2 is 1.77 bits per heavy atom. The van der Waals surface area contributed by atoms with Gasteiger partial charge in [0, 0.05) is 6.07 Å². The molecule has 0 heterocycles. The van der Waals surface area contributed by atoms with Crippen LogP contribution in [0.4, 0.5) is 14.5 Å². The predicted molar refractivity (Wildman–Crippen MR) is 94.1 cm³/mol. The van der Waals surface area contributed by atoms with E-state index in [1.807, 2.05) is 20.8 Å². The van der Waals surface area contributed by atoms with E-state index in [1.165, 1.54) is 6.07 Å². The Hall–Kier alpha value is -2.96. The van der Waals surface area contributed by atoms with Crippen molar-refractivity contribution in [3.05, 3.63) is 59.2 Å². The Kier molecular flexibility index (Phi) is 5.59. The molecule has 0 aliphatic rings. The smallest absolute Gasteiger partial charge is 0.254 e. The monoisotopic (exact) mass is 362 g/mol. The summed E-state index contributed by atoms with van der Waals surface area (Å²) < 4.78 is 26.4. The number of hydrogen-bond donors (Lipinski definition) is 3. The van der Waals surface area contributed by atoms with Crippen LogP contribution in [0, 0.1) is 11.6 Å². The third-order valence-corrected chi connectivity index (χ3v) is 3.72. The first-order chi connectivity index (χ1) is 12.1. The molecule has 5 nitrogen and oxygen atoms in total. The van der Waals surface area contributed by atoms with Gasteiger partial charge >= 0.3 is 0 Å². The summed E-state index contributed by atoms with van der Waals surface area (Å²) in [7, 11) is 0. The molecule has 0 saturated carbocycles. The number of nitrogens with one attached hydrogen (secondary N) is 2. The number of carbonyl (C=O) groups excluding carboxylic acids is 2. The van der Waals surface area contributed by atoms with Gasteiger partial charge in [-0.15, -0.1) is 0 Å².